The number of anilines is 1. The van der Waals surface area contributed by atoms with Gasteiger partial charge in [0.2, 0.25) is 0 Å². The molecule has 0 aliphatic heterocycles. The van der Waals surface area contributed by atoms with Crippen LogP contribution in [0.4, 0.5) is 5.69 Å². The van der Waals surface area contributed by atoms with Gasteiger partial charge in [-0.2, -0.15) is 5.26 Å². The van der Waals surface area contributed by atoms with Crippen LogP contribution in [0.15, 0.2) is 27.6 Å². The molecule has 0 aliphatic carbocycles. The molecule has 0 spiro atoms. The molecule has 0 heterocycles. The van der Waals surface area contributed by atoms with Crippen molar-refractivity contribution in [2.45, 2.75) is 24.2 Å². The van der Waals surface area contributed by atoms with Crippen LogP contribution < -0.4 is 5.73 Å². The number of sulfone groups is 1. The Kier molecular flexibility index (Phi) is 4.97. The minimum atomic E-state index is -3.34. The van der Waals surface area contributed by atoms with Gasteiger partial charge in [0.05, 0.1) is 22.4 Å². The van der Waals surface area contributed by atoms with Gasteiger partial charge in [-0.3, -0.25) is 0 Å². The summed E-state index contributed by atoms with van der Waals surface area (Å²) in [7, 11) is -3.34. The molecule has 0 radical (unpaired) electrons. The Labute approximate surface area is 109 Å². The molecule has 17 heavy (non-hydrogen) atoms. The van der Waals surface area contributed by atoms with Crippen molar-refractivity contribution in [1.82, 2.24) is 0 Å². The molecule has 1 rings (SSSR count). The average molecular weight is 317 g/mol. The standard InChI is InChI=1S/C11H13BrN2O2S/c12-9-4-5-11(10(14)8-9)17(15,16)7-3-1-2-6-13/h4-5,8H,1-3,7,14H2. The van der Waals surface area contributed by atoms with Crippen molar-refractivity contribution in [2.75, 3.05) is 11.5 Å². The van der Waals surface area contributed by atoms with E-state index in [1.54, 1.807) is 12.1 Å². The molecule has 1 aromatic carbocycles. The third kappa shape index (κ3) is 4.02. The normalized spacial score (nSPS) is 11.1. The lowest BCUT2D eigenvalue weighted by Crippen LogP contribution is -2.09. The molecule has 6 heteroatoms. The topological polar surface area (TPSA) is 84.0 Å². The number of nitrogen functional groups attached to an aromatic ring is 1. The van der Waals surface area contributed by atoms with Crippen LogP contribution in [-0.4, -0.2) is 14.2 Å². The van der Waals surface area contributed by atoms with Crippen molar-refractivity contribution in [3.05, 3.63) is 22.7 Å². The van der Waals surface area contributed by atoms with Crippen molar-refractivity contribution >= 4 is 31.5 Å². The summed E-state index contributed by atoms with van der Waals surface area (Å²) in [5.41, 5.74) is 5.93. The zero-order chi connectivity index (χ0) is 12.9. The number of unbranched alkanes of at least 4 members (excludes halogenated alkanes) is 2. The summed E-state index contributed by atoms with van der Waals surface area (Å²) in [4.78, 5) is 0.164. The lowest BCUT2D eigenvalue weighted by molar-refractivity contribution is 0.592. The highest BCUT2D eigenvalue weighted by atomic mass is 79.9. The summed E-state index contributed by atoms with van der Waals surface area (Å²) >= 11 is 3.23. The van der Waals surface area contributed by atoms with Crippen molar-refractivity contribution in [2.24, 2.45) is 0 Å². The second-order valence-electron chi connectivity index (χ2n) is 3.62. The fourth-order valence-electron chi connectivity index (χ4n) is 1.41. The first-order valence-corrected chi connectivity index (χ1v) is 7.56. The number of hydrogen-bond acceptors (Lipinski definition) is 4. The number of halogens is 1. The van der Waals surface area contributed by atoms with Crippen LogP contribution >= 0.6 is 15.9 Å². The predicted octanol–water partition coefficient (Wildman–Crippen LogP) is 2.50. The molecule has 0 saturated heterocycles. The minimum absolute atomic E-state index is 0.0283. The van der Waals surface area contributed by atoms with Gasteiger partial charge in [-0.25, -0.2) is 8.42 Å². The van der Waals surface area contributed by atoms with E-state index in [1.807, 2.05) is 6.07 Å². The van der Waals surface area contributed by atoms with Crippen LogP contribution in [0.2, 0.25) is 0 Å². The molecule has 0 aromatic heterocycles. The summed E-state index contributed by atoms with van der Waals surface area (Å²) in [6.45, 7) is 0. The van der Waals surface area contributed by atoms with E-state index in [4.69, 9.17) is 11.0 Å². The first-order valence-electron chi connectivity index (χ1n) is 5.12. The van der Waals surface area contributed by atoms with Crippen LogP contribution in [0.25, 0.3) is 0 Å². The average Bonchev–Trinajstić information content (AvgIpc) is 2.24. The number of benzene rings is 1. The van der Waals surface area contributed by atoms with Gasteiger partial charge in [-0.1, -0.05) is 15.9 Å². The van der Waals surface area contributed by atoms with Gasteiger partial charge < -0.3 is 5.73 Å². The zero-order valence-corrected chi connectivity index (χ0v) is 11.6. The fourth-order valence-corrected chi connectivity index (χ4v) is 3.28. The van der Waals surface area contributed by atoms with Crippen LogP contribution in [0.3, 0.4) is 0 Å². The van der Waals surface area contributed by atoms with E-state index in [0.717, 1.165) is 4.47 Å². The van der Waals surface area contributed by atoms with Crippen LogP contribution in [0, 0.1) is 11.3 Å². The molecule has 0 fully saturated rings. The Morgan fingerprint density at radius 1 is 1.35 bits per heavy atom. The van der Waals surface area contributed by atoms with E-state index in [2.05, 4.69) is 15.9 Å². The maximum atomic E-state index is 11.9. The molecular formula is C11H13BrN2O2S. The Morgan fingerprint density at radius 2 is 2.06 bits per heavy atom. The Hall–Kier alpha value is -1.06. The van der Waals surface area contributed by atoms with E-state index < -0.39 is 9.84 Å². The molecule has 0 saturated carbocycles. The highest BCUT2D eigenvalue weighted by molar-refractivity contribution is 9.10. The summed E-state index contributed by atoms with van der Waals surface area (Å²) in [6, 6.07) is 6.71. The van der Waals surface area contributed by atoms with Gasteiger partial charge in [0, 0.05) is 10.9 Å². The van der Waals surface area contributed by atoms with Crippen molar-refractivity contribution < 1.29 is 8.42 Å². The Morgan fingerprint density at radius 3 is 2.65 bits per heavy atom. The van der Waals surface area contributed by atoms with Crippen molar-refractivity contribution in [1.29, 1.82) is 5.26 Å². The van der Waals surface area contributed by atoms with E-state index >= 15 is 0 Å². The number of hydrogen-bond donors (Lipinski definition) is 1. The zero-order valence-electron chi connectivity index (χ0n) is 9.19. The maximum Gasteiger partial charge on any atom is 0.180 e. The highest BCUT2D eigenvalue weighted by Crippen LogP contribution is 2.24. The third-order valence-electron chi connectivity index (χ3n) is 2.26. The Bertz CT molecular complexity index is 535. The largest absolute Gasteiger partial charge is 0.398 e. The van der Waals surface area contributed by atoms with Crippen molar-refractivity contribution in [3.63, 3.8) is 0 Å². The maximum absolute atomic E-state index is 11.9. The van der Waals surface area contributed by atoms with Gasteiger partial charge in [0.25, 0.3) is 0 Å². The first kappa shape index (κ1) is 14.0. The summed E-state index contributed by atoms with van der Waals surface area (Å²) in [6.07, 6.45) is 1.45. The van der Waals surface area contributed by atoms with E-state index in [9.17, 15) is 8.42 Å². The SMILES string of the molecule is N#CCCCCS(=O)(=O)c1ccc(Br)cc1N. The van der Waals surface area contributed by atoms with E-state index in [1.165, 1.54) is 6.07 Å². The lowest BCUT2D eigenvalue weighted by Gasteiger charge is -2.07. The van der Waals surface area contributed by atoms with Gasteiger partial charge in [-0.05, 0) is 31.0 Å². The number of nitrogens with zero attached hydrogens (tertiary/aromatic N) is 1. The van der Waals surface area contributed by atoms with Gasteiger partial charge >= 0.3 is 0 Å². The van der Waals surface area contributed by atoms with Gasteiger partial charge in [0.15, 0.2) is 9.84 Å². The molecule has 2 N–H and O–H groups in total. The number of nitrogens with two attached hydrogens (primary N) is 1. The van der Waals surface area contributed by atoms with E-state index in [-0.39, 0.29) is 16.3 Å². The predicted molar refractivity (Wildman–Crippen MR) is 70.1 cm³/mol. The van der Waals surface area contributed by atoms with E-state index in [0.29, 0.717) is 19.3 Å². The first-order chi connectivity index (χ1) is 7.97. The molecule has 4 nitrogen and oxygen atoms in total. The number of rotatable bonds is 5. The second-order valence-corrected chi connectivity index (χ2v) is 6.61. The number of nitriles is 1. The highest BCUT2D eigenvalue weighted by Gasteiger charge is 2.17. The molecular weight excluding hydrogens is 304 g/mol. The molecule has 92 valence electrons. The van der Waals surface area contributed by atoms with Crippen LogP contribution in [0.5, 0.6) is 0 Å². The Balaban J connectivity index is 2.80. The van der Waals surface area contributed by atoms with Gasteiger partial charge in [0.1, 0.15) is 0 Å². The third-order valence-corrected chi connectivity index (χ3v) is 4.62. The molecule has 0 amide bonds. The molecule has 1 aromatic rings. The second kappa shape index (κ2) is 6.03. The summed E-state index contributed by atoms with van der Waals surface area (Å²) < 4.78 is 24.6. The van der Waals surface area contributed by atoms with Crippen LogP contribution in [0.1, 0.15) is 19.3 Å². The molecule has 0 aliphatic rings. The quantitative estimate of drug-likeness (QED) is 0.668. The molecule has 0 atom stereocenters. The van der Waals surface area contributed by atoms with Crippen molar-refractivity contribution in [3.8, 4) is 6.07 Å². The summed E-state index contributed by atoms with van der Waals surface area (Å²) in [5.74, 6) is 0.0283. The molecule has 0 unspecified atom stereocenters. The minimum Gasteiger partial charge on any atom is -0.398 e. The monoisotopic (exact) mass is 316 g/mol. The van der Waals surface area contributed by atoms with Gasteiger partial charge in [-0.15, -0.1) is 0 Å². The van der Waals surface area contributed by atoms with Crippen LogP contribution in [-0.2, 0) is 9.84 Å². The molecule has 0 bridgehead atoms. The lowest BCUT2D eigenvalue weighted by atomic mass is 10.3. The smallest absolute Gasteiger partial charge is 0.180 e. The summed E-state index contributed by atoms with van der Waals surface area (Å²) in [5, 5.41) is 8.36. The fraction of sp³-hybridized carbons (Fsp3) is 0.364.